The summed E-state index contributed by atoms with van der Waals surface area (Å²) in [5, 5.41) is 3.21. The van der Waals surface area contributed by atoms with Gasteiger partial charge in [0.1, 0.15) is 18.0 Å². The lowest BCUT2D eigenvalue weighted by molar-refractivity contribution is 0.210. The van der Waals surface area contributed by atoms with E-state index in [1.165, 1.54) is 0 Å². The molecule has 1 aliphatic rings. The van der Waals surface area contributed by atoms with Crippen molar-refractivity contribution in [1.29, 1.82) is 0 Å². The summed E-state index contributed by atoms with van der Waals surface area (Å²) in [5.74, 6) is 1.81. The van der Waals surface area contributed by atoms with Gasteiger partial charge in [-0.15, -0.1) is 0 Å². The molecule has 0 amide bonds. The van der Waals surface area contributed by atoms with Gasteiger partial charge in [-0.25, -0.2) is 9.97 Å². The van der Waals surface area contributed by atoms with Gasteiger partial charge in [-0.3, -0.25) is 0 Å². The van der Waals surface area contributed by atoms with E-state index in [0.29, 0.717) is 12.6 Å². The van der Waals surface area contributed by atoms with Crippen molar-refractivity contribution in [2.75, 3.05) is 43.6 Å². The smallest absolute Gasteiger partial charge is 0.134 e. The highest BCUT2D eigenvalue weighted by Crippen LogP contribution is 2.18. The Labute approximate surface area is 108 Å². The molecule has 3 N–H and O–H groups in total. The van der Waals surface area contributed by atoms with Crippen LogP contribution in [0.15, 0.2) is 12.4 Å². The molecule has 1 fully saturated rings. The molecular formula is C12H21N5O. The van der Waals surface area contributed by atoms with Gasteiger partial charge in [-0.05, 0) is 12.8 Å². The van der Waals surface area contributed by atoms with E-state index in [1.54, 1.807) is 13.4 Å². The lowest BCUT2D eigenvalue weighted by Crippen LogP contribution is -2.40. The molecule has 100 valence electrons. The van der Waals surface area contributed by atoms with E-state index in [0.717, 1.165) is 44.1 Å². The lowest BCUT2D eigenvalue weighted by atomic mass is 10.1. The van der Waals surface area contributed by atoms with E-state index in [1.807, 2.05) is 6.07 Å². The second-order valence-electron chi connectivity index (χ2n) is 4.51. The average Bonchev–Trinajstić information content (AvgIpc) is 2.40. The number of ether oxygens (including phenoxy) is 1. The first-order chi connectivity index (χ1) is 8.79. The van der Waals surface area contributed by atoms with Crippen molar-refractivity contribution in [3.63, 3.8) is 0 Å². The van der Waals surface area contributed by atoms with Crippen molar-refractivity contribution in [2.24, 2.45) is 5.73 Å². The minimum atomic E-state index is 0.336. The fraction of sp³-hybridized carbons (Fsp3) is 0.667. The van der Waals surface area contributed by atoms with Gasteiger partial charge in [-0.2, -0.15) is 0 Å². The zero-order chi connectivity index (χ0) is 12.8. The molecule has 0 bridgehead atoms. The van der Waals surface area contributed by atoms with E-state index in [9.17, 15) is 0 Å². The molecule has 0 radical (unpaired) electrons. The SMILES string of the molecule is COCCNc1cc(N2CCC(N)CC2)ncn1. The molecule has 1 aliphatic heterocycles. The first-order valence-corrected chi connectivity index (χ1v) is 6.35. The van der Waals surface area contributed by atoms with Gasteiger partial charge in [0.15, 0.2) is 0 Å². The lowest BCUT2D eigenvalue weighted by Gasteiger charge is -2.31. The maximum absolute atomic E-state index is 5.90. The molecule has 2 rings (SSSR count). The molecular weight excluding hydrogens is 230 g/mol. The Hall–Kier alpha value is -1.40. The number of methoxy groups -OCH3 is 1. The van der Waals surface area contributed by atoms with Crippen LogP contribution in [0.5, 0.6) is 0 Å². The first kappa shape index (κ1) is 13.0. The number of nitrogens with zero attached hydrogens (tertiary/aromatic N) is 3. The van der Waals surface area contributed by atoms with Crippen LogP contribution in [0.25, 0.3) is 0 Å². The number of rotatable bonds is 5. The Bertz CT molecular complexity index is 365. The highest BCUT2D eigenvalue weighted by atomic mass is 16.5. The summed E-state index contributed by atoms with van der Waals surface area (Å²) in [6.45, 7) is 3.35. The normalized spacial score (nSPS) is 16.9. The first-order valence-electron chi connectivity index (χ1n) is 6.35. The zero-order valence-electron chi connectivity index (χ0n) is 10.8. The maximum atomic E-state index is 5.90. The highest BCUT2D eigenvalue weighted by molar-refractivity contribution is 5.48. The molecule has 0 saturated carbocycles. The Morgan fingerprint density at radius 1 is 1.44 bits per heavy atom. The van der Waals surface area contributed by atoms with Crippen LogP contribution in [0.2, 0.25) is 0 Å². The van der Waals surface area contributed by atoms with Crippen molar-refractivity contribution in [2.45, 2.75) is 18.9 Å². The van der Waals surface area contributed by atoms with Crippen molar-refractivity contribution >= 4 is 11.6 Å². The number of nitrogens with two attached hydrogens (primary N) is 1. The van der Waals surface area contributed by atoms with E-state index < -0.39 is 0 Å². The van der Waals surface area contributed by atoms with Gasteiger partial charge in [-0.1, -0.05) is 0 Å². The van der Waals surface area contributed by atoms with Crippen molar-refractivity contribution in [3.05, 3.63) is 12.4 Å². The molecule has 0 atom stereocenters. The average molecular weight is 251 g/mol. The third-order valence-electron chi connectivity index (χ3n) is 3.13. The summed E-state index contributed by atoms with van der Waals surface area (Å²) in [7, 11) is 1.68. The number of hydrogen-bond acceptors (Lipinski definition) is 6. The van der Waals surface area contributed by atoms with Gasteiger partial charge in [0.25, 0.3) is 0 Å². The van der Waals surface area contributed by atoms with Crippen LogP contribution in [0.3, 0.4) is 0 Å². The van der Waals surface area contributed by atoms with Gasteiger partial charge in [0.05, 0.1) is 6.61 Å². The third kappa shape index (κ3) is 3.54. The summed E-state index contributed by atoms with van der Waals surface area (Å²) in [4.78, 5) is 10.8. The minimum absolute atomic E-state index is 0.336. The molecule has 1 aromatic heterocycles. The van der Waals surface area contributed by atoms with Gasteiger partial charge in [0, 0.05) is 38.9 Å². The standard InChI is InChI=1S/C12H21N5O/c1-18-7-4-14-11-8-12(16-9-15-11)17-5-2-10(13)3-6-17/h8-10H,2-7,13H2,1H3,(H,14,15,16). The monoisotopic (exact) mass is 251 g/mol. The van der Waals surface area contributed by atoms with Crippen molar-refractivity contribution < 1.29 is 4.74 Å². The second-order valence-corrected chi connectivity index (χ2v) is 4.51. The predicted molar refractivity (Wildman–Crippen MR) is 71.8 cm³/mol. The Morgan fingerprint density at radius 3 is 2.94 bits per heavy atom. The Kier molecular flexibility index (Phi) is 4.72. The molecule has 6 nitrogen and oxygen atoms in total. The quantitative estimate of drug-likeness (QED) is 0.741. The predicted octanol–water partition coefficient (Wildman–Crippen LogP) is 0.462. The molecule has 0 aromatic carbocycles. The molecule has 2 heterocycles. The van der Waals surface area contributed by atoms with Crippen molar-refractivity contribution in [3.8, 4) is 0 Å². The summed E-state index contributed by atoms with van der Waals surface area (Å²) in [6.07, 6.45) is 3.64. The highest BCUT2D eigenvalue weighted by Gasteiger charge is 2.17. The van der Waals surface area contributed by atoms with Gasteiger partial charge in [0.2, 0.25) is 0 Å². The van der Waals surface area contributed by atoms with Crippen molar-refractivity contribution in [1.82, 2.24) is 9.97 Å². The summed E-state index contributed by atoms with van der Waals surface area (Å²) in [5.41, 5.74) is 5.90. The van der Waals surface area contributed by atoms with Crippen LogP contribution in [-0.4, -0.2) is 49.4 Å². The topological polar surface area (TPSA) is 76.3 Å². The molecule has 0 unspecified atom stereocenters. The van der Waals surface area contributed by atoms with E-state index in [4.69, 9.17) is 10.5 Å². The van der Waals surface area contributed by atoms with E-state index >= 15 is 0 Å². The number of anilines is 2. The van der Waals surface area contributed by atoms with E-state index in [-0.39, 0.29) is 0 Å². The number of hydrogen-bond donors (Lipinski definition) is 2. The van der Waals surface area contributed by atoms with Crippen LogP contribution in [0.1, 0.15) is 12.8 Å². The van der Waals surface area contributed by atoms with Crippen LogP contribution < -0.4 is 16.0 Å². The number of aromatic nitrogens is 2. The molecule has 18 heavy (non-hydrogen) atoms. The Morgan fingerprint density at radius 2 is 2.22 bits per heavy atom. The summed E-state index contributed by atoms with van der Waals surface area (Å²) < 4.78 is 4.99. The fourth-order valence-electron chi connectivity index (χ4n) is 2.03. The van der Waals surface area contributed by atoms with Crippen LogP contribution in [0.4, 0.5) is 11.6 Å². The molecule has 6 heteroatoms. The van der Waals surface area contributed by atoms with Crippen LogP contribution in [0, 0.1) is 0 Å². The number of nitrogens with one attached hydrogen (secondary N) is 1. The van der Waals surface area contributed by atoms with Crippen LogP contribution in [-0.2, 0) is 4.74 Å². The fourth-order valence-corrected chi connectivity index (χ4v) is 2.03. The number of piperidine rings is 1. The van der Waals surface area contributed by atoms with Crippen LogP contribution >= 0.6 is 0 Å². The zero-order valence-corrected chi connectivity index (χ0v) is 10.8. The molecule has 1 saturated heterocycles. The second kappa shape index (κ2) is 6.51. The molecule has 0 spiro atoms. The molecule has 0 aliphatic carbocycles. The largest absolute Gasteiger partial charge is 0.383 e. The van der Waals surface area contributed by atoms with Gasteiger partial charge < -0.3 is 20.7 Å². The maximum Gasteiger partial charge on any atom is 0.134 e. The third-order valence-corrected chi connectivity index (χ3v) is 3.13. The Balaban J connectivity index is 1.94. The summed E-state index contributed by atoms with van der Waals surface area (Å²) >= 11 is 0. The summed E-state index contributed by atoms with van der Waals surface area (Å²) in [6, 6.07) is 2.31. The minimum Gasteiger partial charge on any atom is -0.383 e. The van der Waals surface area contributed by atoms with E-state index in [2.05, 4.69) is 20.2 Å². The van der Waals surface area contributed by atoms with Gasteiger partial charge >= 0.3 is 0 Å². The molecule has 1 aromatic rings.